The normalized spacial score (nSPS) is 14.8. The Hall–Kier alpha value is -2.99. The largest absolute Gasteiger partial charge is 0.497 e. The lowest BCUT2D eigenvalue weighted by Gasteiger charge is -2.36. The minimum absolute atomic E-state index is 0.328. The number of furan rings is 1. The summed E-state index contributed by atoms with van der Waals surface area (Å²) in [6, 6.07) is 14.2. The minimum Gasteiger partial charge on any atom is -0.497 e. The predicted octanol–water partition coefficient (Wildman–Crippen LogP) is 4.25. The lowest BCUT2D eigenvalue weighted by molar-refractivity contribution is 0.0489. The monoisotopic (exact) mass is 408 g/mol. The van der Waals surface area contributed by atoms with Gasteiger partial charge in [-0.3, -0.25) is 4.90 Å². The zero-order valence-electron chi connectivity index (χ0n) is 17.8. The summed E-state index contributed by atoms with van der Waals surface area (Å²) in [7, 11) is 1.68. The van der Waals surface area contributed by atoms with Crippen molar-refractivity contribution in [3.8, 4) is 5.75 Å². The van der Waals surface area contributed by atoms with Gasteiger partial charge in [-0.25, -0.2) is 4.79 Å². The van der Waals surface area contributed by atoms with Crippen LogP contribution in [0.15, 0.2) is 46.9 Å². The van der Waals surface area contributed by atoms with Crippen molar-refractivity contribution in [2.45, 2.75) is 20.4 Å². The van der Waals surface area contributed by atoms with E-state index in [9.17, 15) is 4.79 Å². The number of hydrogen-bond acceptors (Lipinski definition) is 6. The lowest BCUT2D eigenvalue weighted by atomic mass is 10.1. The van der Waals surface area contributed by atoms with Crippen molar-refractivity contribution in [3.05, 3.63) is 59.4 Å². The molecule has 0 saturated carbocycles. The second kappa shape index (κ2) is 8.79. The summed E-state index contributed by atoms with van der Waals surface area (Å²) in [6.07, 6.45) is 0. The molecule has 6 heteroatoms. The molecule has 0 atom stereocenters. The maximum atomic E-state index is 12.5. The average Bonchev–Trinajstić information content (AvgIpc) is 3.14. The van der Waals surface area contributed by atoms with E-state index < -0.39 is 0 Å². The minimum atomic E-state index is -0.389. The van der Waals surface area contributed by atoms with E-state index in [2.05, 4.69) is 21.9 Å². The summed E-state index contributed by atoms with van der Waals surface area (Å²) in [4.78, 5) is 17.3. The zero-order chi connectivity index (χ0) is 21.1. The highest BCUT2D eigenvalue weighted by Crippen LogP contribution is 2.30. The number of para-hydroxylation sites is 1. The number of benzene rings is 2. The van der Waals surface area contributed by atoms with Crippen molar-refractivity contribution in [2.75, 3.05) is 44.8 Å². The number of piperazine rings is 1. The Morgan fingerprint density at radius 2 is 1.80 bits per heavy atom. The third kappa shape index (κ3) is 4.00. The van der Waals surface area contributed by atoms with Crippen LogP contribution in [-0.4, -0.2) is 50.8 Å². The number of ether oxygens (including phenoxy) is 2. The van der Waals surface area contributed by atoms with E-state index in [-0.39, 0.29) is 5.97 Å². The Kier molecular flexibility index (Phi) is 5.95. The van der Waals surface area contributed by atoms with Crippen LogP contribution in [0.2, 0.25) is 0 Å². The van der Waals surface area contributed by atoms with Crippen LogP contribution in [-0.2, 0) is 11.3 Å². The van der Waals surface area contributed by atoms with Gasteiger partial charge in [-0.05, 0) is 43.7 Å². The van der Waals surface area contributed by atoms with Crippen LogP contribution in [0.25, 0.3) is 11.0 Å². The van der Waals surface area contributed by atoms with Crippen molar-refractivity contribution < 1.29 is 18.7 Å². The number of hydrogen-bond donors (Lipinski definition) is 0. The van der Waals surface area contributed by atoms with Gasteiger partial charge in [0, 0.05) is 49.4 Å². The molecule has 30 heavy (non-hydrogen) atoms. The van der Waals surface area contributed by atoms with Gasteiger partial charge in [-0.15, -0.1) is 0 Å². The molecule has 0 radical (unpaired) electrons. The SMILES string of the molecule is CCOC(=O)c1oc2c(C)cccc2c1CN1CCN(c2ccc(OC)cc2)CC1. The molecule has 0 amide bonds. The molecule has 1 aliphatic heterocycles. The molecular weight excluding hydrogens is 380 g/mol. The standard InChI is InChI=1S/C24H28N2O4/c1-4-29-24(27)23-21(20-7-5-6-17(2)22(20)30-23)16-25-12-14-26(15-13-25)18-8-10-19(28-3)11-9-18/h5-11H,4,12-16H2,1-3H3. The van der Waals surface area contributed by atoms with Crippen molar-refractivity contribution in [1.82, 2.24) is 4.90 Å². The van der Waals surface area contributed by atoms with Crippen LogP contribution in [0, 0.1) is 6.92 Å². The van der Waals surface area contributed by atoms with E-state index in [1.807, 2.05) is 44.2 Å². The number of rotatable bonds is 6. The van der Waals surface area contributed by atoms with Crippen molar-refractivity contribution >= 4 is 22.6 Å². The number of aryl methyl sites for hydroxylation is 1. The Bertz CT molecular complexity index is 1020. The molecule has 1 aromatic heterocycles. The smallest absolute Gasteiger partial charge is 0.374 e. The zero-order valence-corrected chi connectivity index (χ0v) is 17.8. The quantitative estimate of drug-likeness (QED) is 0.569. The molecule has 1 fully saturated rings. The predicted molar refractivity (Wildman–Crippen MR) is 117 cm³/mol. The summed E-state index contributed by atoms with van der Waals surface area (Å²) in [5, 5.41) is 0.996. The van der Waals surface area contributed by atoms with Gasteiger partial charge in [0.2, 0.25) is 5.76 Å². The molecule has 2 aromatic carbocycles. The van der Waals surface area contributed by atoms with Crippen LogP contribution in [0.1, 0.15) is 28.6 Å². The summed E-state index contributed by atoms with van der Waals surface area (Å²) >= 11 is 0. The van der Waals surface area contributed by atoms with Gasteiger partial charge in [0.1, 0.15) is 11.3 Å². The third-order valence-corrected chi connectivity index (χ3v) is 5.67. The molecule has 1 saturated heterocycles. The third-order valence-electron chi connectivity index (χ3n) is 5.67. The Labute approximate surface area is 177 Å². The van der Waals surface area contributed by atoms with Gasteiger partial charge >= 0.3 is 5.97 Å². The van der Waals surface area contributed by atoms with Crippen molar-refractivity contribution in [2.24, 2.45) is 0 Å². The molecule has 3 aromatic rings. The van der Waals surface area contributed by atoms with E-state index in [1.165, 1.54) is 5.69 Å². The highest BCUT2D eigenvalue weighted by Gasteiger charge is 2.26. The molecule has 4 rings (SSSR count). The molecule has 0 bridgehead atoms. The second-order valence-corrected chi connectivity index (χ2v) is 7.54. The highest BCUT2D eigenvalue weighted by atomic mass is 16.5. The first-order valence-corrected chi connectivity index (χ1v) is 10.4. The first-order chi connectivity index (χ1) is 14.6. The highest BCUT2D eigenvalue weighted by molar-refractivity contribution is 5.97. The maximum Gasteiger partial charge on any atom is 0.374 e. The number of carbonyl (C=O) groups excluding carboxylic acids is 1. The Balaban J connectivity index is 1.51. The fraction of sp³-hybridized carbons (Fsp3) is 0.375. The molecule has 0 spiro atoms. The van der Waals surface area contributed by atoms with Gasteiger partial charge in [-0.2, -0.15) is 0 Å². The first kappa shape index (κ1) is 20.3. The lowest BCUT2D eigenvalue weighted by Crippen LogP contribution is -2.46. The van der Waals surface area contributed by atoms with Crippen LogP contribution in [0.3, 0.4) is 0 Å². The van der Waals surface area contributed by atoms with Crippen LogP contribution >= 0.6 is 0 Å². The van der Waals surface area contributed by atoms with Crippen LogP contribution < -0.4 is 9.64 Å². The van der Waals surface area contributed by atoms with Crippen molar-refractivity contribution in [3.63, 3.8) is 0 Å². The number of anilines is 1. The molecular formula is C24H28N2O4. The maximum absolute atomic E-state index is 12.5. The molecule has 2 heterocycles. The van der Waals surface area contributed by atoms with Gasteiger partial charge in [0.25, 0.3) is 0 Å². The van der Waals surface area contributed by atoms with E-state index in [0.29, 0.717) is 18.9 Å². The van der Waals surface area contributed by atoms with Gasteiger partial charge < -0.3 is 18.8 Å². The fourth-order valence-corrected chi connectivity index (χ4v) is 4.01. The van der Waals surface area contributed by atoms with Gasteiger partial charge in [0.15, 0.2) is 0 Å². The number of methoxy groups -OCH3 is 1. The first-order valence-electron chi connectivity index (χ1n) is 10.4. The average molecular weight is 408 g/mol. The molecule has 0 aliphatic carbocycles. The summed E-state index contributed by atoms with van der Waals surface area (Å²) < 4.78 is 16.5. The second-order valence-electron chi connectivity index (χ2n) is 7.54. The summed E-state index contributed by atoms with van der Waals surface area (Å²) in [5.41, 5.74) is 3.91. The molecule has 0 unspecified atom stereocenters. The van der Waals surface area contributed by atoms with E-state index in [4.69, 9.17) is 13.9 Å². The number of nitrogens with zero attached hydrogens (tertiary/aromatic N) is 2. The van der Waals surface area contributed by atoms with Crippen LogP contribution in [0.4, 0.5) is 5.69 Å². The summed E-state index contributed by atoms with van der Waals surface area (Å²) in [5.74, 6) is 0.810. The van der Waals surface area contributed by atoms with E-state index >= 15 is 0 Å². The topological polar surface area (TPSA) is 55.2 Å². The summed E-state index contributed by atoms with van der Waals surface area (Å²) in [6.45, 7) is 8.48. The number of esters is 1. The number of fused-ring (bicyclic) bond motifs is 1. The number of carbonyl (C=O) groups is 1. The fourth-order valence-electron chi connectivity index (χ4n) is 4.01. The Morgan fingerprint density at radius 3 is 2.47 bits per heavy atom. The van der Waals surface area contributed by atoms with Crippen molar-refractivity contribution in [1.29, 1.82) is 0 Å². The molecule has 1 aliphatic rings. The molecule has 6 nitrogen and oxygen atoms in total. The Morgan fingerprint density at radius 1 is 1.07 bits per heavy atom. The van der Waals surface area contributed by atoms with Gasteiger partial charge in [-0.1, -0.05) is 18.2 Å². The van der Waals surface area contributed by atoms with E-state index in [1.54, 1.807) is 7.11 Å². The van der Waals surface area contributed by atoms with E-state index in [0.717, 1.165) is 54.0 Å². The molecule has 0 N–H and O–H groups in total. The van der Waals surface area contributed by atoms with Crippen LogP contribution in [0.5, 0.6) is 5.75 Å². The molecule has 158 valence electrons. The van der Waals surface area contributed by atoms with Gasteiger partial charge in [0.05, 0.1) is 13.7 Å².